The Morgan fingerprint density at radius 1 is 0.958 bits per heavy atom. The van der Waals surface area contributed by atoms with Crippen molar-refractivity contribution in [1.82, 2.24) is 0 Å². The van der Waals surface area contributed by atoms with Gasteiger partial charge in [0.25, 0.3) is 0 Å². The molecule has 0 aromatic carbocycles. The summed E-state index contributed by atoms with van der Waals surface area (Å²) in [7, 11) is 0. The standard InChI is InChI=1S/C19H32O3S2/c1-4-16(15(3)21)8-6-5-7-9-17(22)13-24-19-11-10-18(19)23-12-14(2)20/h16,18-19H,4-13H2,1-3H3/t16-,18?,19?/m0/s1. The molecule has 1 aliphatic carbocycles. The number of carbonyl (C=O) groups excluding carboxylic acids is 3. The van der Waals surface area contributed by atoms with Crippen molar-refractivity contribution in [3.63, 3.8) is 0 Å². The minimum absolute atomic E-state index is 0.208. The summed E-state index contributed by atoms with van der Waals surface area (Å²) < 4.78 is 0. The second-order valence-electron chi connectivity index (χ2n) is 6.83. The minimum Gasteiger partial charge on any atom is -0.300 e. The number of hydrogen-bond donors (Lipinski definition) is 0. The van der Waals surface area contributed by atoms with Crippen LogP contribution < -0.4 is 0 Å². The third kappa shape index (κ3) is 8.70. The molecule has 1 aliphatic rings. The summed E-state index contributed by atoms with van der Waals surface area (Å²) in [6.45, 7) is 5.38. The number of carbonyl (C=O) groups is 3. The van der Waals surface area contributed by atoms with Gasteiger partial charge >= 0.3 is 0 Å². The molecule has 0 amide bonds. The van der Waals surface area contributed by atoms with Gasteiger partial charge in [0.1, 0.15) is 17.3 Å². The second kappa shape index (κ2) is 12.1. The first-order chi connectivity index (χ1) is 11.4. The molecule has 0 aliphatic heterocycles. The number of unbranched alkanes of at least 4 members (excludes halogenated alkanes) is 2. The monoisotopic (exact) mass is 372 g/mol. The van der Waals surface area contributed by atoms with Crippen LogP contribution in [-0.4, -0.2) is 39.4 Å². The van der Waals surface area contributed by atoms with Crippen LogP contribution in [-0.2, 0) is 14.4 Å². The number of Topliss-reactive ketones (excluding diaryl/α,β-unsaturated/α-hetero) is 3. The Hall–Kier alpha value is -0.290. The van der Waals surface area contributed by atoms with Gasteiger partial charge in [-0.25, -0.2) is 0 Å². The maximum atomic E-state index is 12.0. The largest absolute Gasteiger partial charge is 0.300 e. The first kappa shape index (κ1) is 21.8. The lowest BCUT2D eigenvalue weighted by Gasteiger charge is -2.35. The highest BCUT2D eigenvalue weighted by molar-refractivity contribution is 8.04. The van der Waals surface area contributed by atoms with Gasteiger partial charge in [-0.1, -0.05) is 19.8 Å². The summed E-state index contributed by atoms with van der Waals surface area (Å²) in [6.07, 6.45) is 7.95. The van der Waals surface area contributed by atoms with Crippen molar-refractivity contribution in [3.8, 4) is 0 Å². The number of hydrogen-bond acceptors (Lipinski definition) is 5. The third-order valence-corrected chi connectivity index (χ3v) is 7.90. The maximum absolute atomic E-state index is 12.0. The van der Waals surface area contributed by atoms with Crippen molar-refractivity contribution in [3.05, 3.63) is 0 Å². The minimum atomic E-state index is 0.208. The molecule has 0 spiro atoms. The summed E-state index contributed by atoms with van der Waals surface area (Å²) in [5, 5.41) is 1.11. The molecule has 3 nitrogen and oxygen atoms in total. The molecule has 0 aromatic rings. The van der Waals surface area contributed by atoms with Crippen molar-refractivity contribution in [1.29, 1.82) is 0 Å². The number of ketones is 3. The molecular formula is C19H32O3S2. The second-order valence-corrected chi connectivity index (χ2v) is 9.29. The fourth-order valence-corrected chi connectivity index (χ4v) is 5.67. The molecule has 2 unspecified atom stereocenters. The van der Waals surface area contributed by atoms with Gasteiger partial charge in [-0.05, 0) is 46.0 Å². The number of rotatable bonds is 14. The Morgan fingerprint density at radius 2 is 1.58 bits per heavy atom. The molecule has 5 heteroatoms. The van der Waals surface area contributed by atoms with E-state index in [0.29, 0.717) is 40.0 Å². The van der Waals surface area contributed by atoms with Gasteiger partial charge in [0.05, 0.1) is 11.5 Å². The van der Waals surface area contributed by atoms with Crippen molar-refractivity contribution in [2.24, 2.45) is 5.92 Å². The zero-order valence-corrected chi connectivity index (χ0v) is 17.0. The van der Waals surface area contributed by atoms with E-state index >= 15 is 0 Å². The molecule has 1 saturated carbocycles. The van der Waals surface area contributed by atoms with Gasteiger partial charge in [-0.15, -0.1) is 23.5 Å². The van der Waals surface area contributed by atoms with E-state index in [1.54, 1.807) is 37.4 Å². The van der Waals surface area contributed by atoms with E-state index in [0.717, 1.165) is 32.1 Å². The van der Waals surface area contributed by atoms with E-state index < -0.39 is 0 Å². The molecule has 0 N–H and O–H groups in total. The topological polar surface area (TPSA) is 51.2 Å². The average molecular weight is 373 g/mol. The molecule has 1 rings (SSSR count). The Bertz CT molecular complexity index is 423. The van der Waals surface area contributed by atoms with Gasteiger partial charge in [-0.3, -0.25) is 14.4 Å². The molecule has 0 bridgehead atoms. The van der Waals surface area contributed by atoms with Crippen molar-refractivity contribution in [2.75, 3.05) is 11.5 Å². The molecule has 24 heavy (non-hydrogen) atoms. The lowest BCUT2D eigenvalue weighted by Crippen LogP contribution is -2.33. The van der Waals surface area contributed by atoms with Crippen LogP contribution in [0.4, 0.5) is 0 Å². The van der Waals surface area contributed by atoms with E-state index in [-0.39, 0.29) is 11.7 Å². The van der Waals surface area contributed by atoms with Crippen molar-refractivity contribution >= 4 is 40.9 Å². The molecular weight excluding hydrogens is 340 g/mol. The molecule has 0 heterocycles. The zero-order valence-electron chi connectivity index (χ0n) is 15.3. The van der Waals surface area contributed by atoms with Gasteiger partial charge in [0.15, 0.2) is 0 Å². The van der Waals surface area contributed by atoms with Crippen LogP contribution in [0.25, 0.3) is 0 Å². The maximum Gasteiger partial charge on any atom is 0.142 e. The Balaban J connectivity index is 2.04. The summed E-state index contributed by atoms with van der Waals surface area (Å²) >= 11 is 3.53. The first-order valence-electron chi connectivity index (χ1n) is 9.18. The van der Waals surface area contributed by atoms with Gasteiger partial charge in [-0.2, -0.15) is 0 Å². The fourth-order valence-electron chi connectivity index (χ4n) is 2.90. The quantitative estimate of drug-likeness (QED) is 0.413. The predicted octanol–water partition coefficient (Wildman–Crippen LogP) is 4.71. The van der Waals surface area contributed by atoms with E-state index in [1.807, 2.05) is 0 Å². The van der Waals surface area contributed by atoms with Crippen LogP contribution in [0.5, 0.6) is 0 Å². The lowest BCUT2D eigenvalue weighted by molar-refractivity contribution is -0.121. The fraction of sp³-hybridized carbons (Fsp3) is 0.842. The highest BCUT2D eigenvalue weighted by atomic mass is 32.2. The van der Waals surface area contributed by atoms with Crippen molar-refractivity contribution < 1.29 is 14.4 Å². The SMILES string of the molecule is CC[C@@H](CCCCCC(=O)CSC1CCC1SCC(C)=O)C(C)=O. The summed E-state index contributed by atoms with van der Waals surface area (Å²) in [4.78, 5) is 34.4. The van der Waals surface area contributed by atoms with Gasteiger partial charge < -0.3 is 0 Å². The van der Waals surface area contributed by atoms with Crippen LogP contribution in [0.3, 0.4) is 0 Å². The van der Waals surface area contributed by atoms with Crippen LogP contribution in [0, 0.1) is 5.92 Å². The Labute approximate surface area is 155 Å². The Kier molecular flexibility index (Phi) is 11.0. The van der Waals surface area contributed by atoms with Crippen molar-refractivity contribution in [2.45, 2.75) is 82.6 Å². The normalized spacial score (nSPS) is 21.1. The lowest BCUT2D eigenvalue weighted by atomic mass is 9.95. The van der Waals surface area contributed by atoms with E-state index in [2.05, 4.69) is 6.92 Å². The third-order valence-electron chi connectivity index (χ3n) is 4.69. The molecule has 3 atom stereocenters. The van der Waals surface area contributed by atoms with Gasteiger partial charge in [0.2, 0.25) is 0 Å². The van der Waals surface area contributed by atoms with E-state index in [1.165, 1.54) is 12.8 Å². The van der Waals surface area contributed by atoms with Gasteiger partial charge in [0, 0.05) is 22.8 Å². The van der Waals surface area contributed by atoms with Crippen LogP contribution in [0.2, 0.25) is 0 Å². The molecule has 0 saturated heterocycles. The first-order valence-corrected chi connectivity index (χ1v) is 11.3. The molecule has 138 valence electrons. The predicted molar refractivity (Wildman–Crippen MR) is 105 cm³/mol. The zero-order chi connectivity index (χ0) is 17.9. The molecule has 0 aromatic heterocycles. The summed E-state index contributed by atoms with van der Waals surface area (Å²) in [5.41, 5.74) is 0. The Morgan fingerprint density at radius 3 is 2.08 bits per heavy atom. The highest BCUT2D eigenvalue weighted by Gasteiger charge is 2.32. The number of thioether (sulfide) groups is 2. The highest BCUT2D eigenvalue weighted by Crippen LogP contribution is 2.40. The molecule has 0 radical (unpaired) electrons. The van der Waals surface area contributed by atoms with Crippen LogP contribution >= 0.6 is 23.5 Å². The average Bonchev–Trinajstić information content (AvgIpc) is 2.49. The van der Waals surface area contributed by atoms with E-state index in [9.17, 15) is 14.4 Å². The van der Waals surface area contributed by atoms with Crippen LogP contribution in [0.1, 0.15) is 72.1 Å². The van der Waals surface area contributed by atoms with Crippen LogP contribution in [0.15, 0.2) is 0 Å². The smallest absolute Gasteiger partial charge is 0.142 e. The molecule has 1 fully saturated rings. The van der Waals surface area contributed by atoms with E-state index in [4.69, 9.17) is 0 Å². The summed E-state index contributed by atoms with van der Waals surface area (Å²) in [5.74, 6) is 2.31. The summed E-state index contributed by atoms with van der Waals surface area (Å²) in [6, 6.07) is 0.